The summed E-state index contributed by atoms with van der Waals surface area (Å²) in [6.45, 7) is 7.80. The third-order valence-corrected chi connectivity index (χ3v) is 4.48. The summed E-state index contributed by atoms with van der Waals surface area (Å²) in [5.41, 5.74) is 7.33. The van der Waals surface area contributed by atoms with Crippen LogP contribution in [0.5, 0.6) is 0 Å². The first-order valence-electron chi connectivity index (χ1n) is 7.21. The van der Waals surface area contributed by atoms with Crippen molar-refractivity contribution in [3.63, 3.8) is 0 Å². The lowest BCUT2D eigenvalue weighted by Crippen LogP contribution is -2.43. The lowest BCUT2D eigenvalue weighted by atomic mass is 9.82. The molecule has 1 fully saturated rings. The van der Waals surface area contributed by atoms with Crippen LogP contribution in [0.15, 0.2) is 30.3 Å². The van der Waals surface area contributed by atoms with E-state index in [0.29, 0.717) is 12.5 Å². The lowest BCUT2D eigenvalue weighted by Gasteiger charge is -2.33. The normalized spacial score (nSPS) is 25.2. The van der Waals surface area contributed by atoms with Crippen molar-refractivity contribution in [3.8, 4) is 0 Å². The molecule has 2 rings (SSSR count). The van der Waals surface area contributed by atoms with E-state index in [0.717, 1.165) is 26.1 Å². The Hall–Kier alpha value is -0.900. The molecule has 0 radical (unpaired) electrons. The topological polar surface area (TPSA) is 49.5 Å². The summed E-state index contributed by atoms with van der Waals surface area (Å²) in [6, 6.07) is 10.5. The molecule has 1 aromatic carbocycles. The molecule has 3 atom stereocenters. The molecule has 0 amide bonds. The Morgan fingerprint density at radius 2 is 2.11 bits per heavy atom. The van der Waals surface area contributed by atoms with Gasteiger partial charge in [0.25, 0.3) is 0 Å². The number of nitrogens with zero attached hydrogens (tertiary/aromatic N) is 1. The van der Waals surface area contributed by atoms with E-state index >= 15 is 0 Å². The third kappa shape index (κ3) is 3.35. The molecular weight excluding hydrogens is 236 g/mol. The zero-order valence-corrected chi connectivity index (χ0v) is 12.0. The Labute approximate surface area is 116 Å². The zero-order valence-electron chi connectivity index (χ0n) is 12.0. The highest BCUT2D eigenvalue weighted by molar-refractivity contribution is 5.25. The van der Waals surface area contributed by atoms with E-state index in [4.69, 9.17) is 5.73 Å². The van der Waals surface area contributed by atoms with Crippen molar-refractivity contribution in [3.05, 3.63) is 35.9 Å². The van der Waals surface area contributed by atoms with Crippen LogP contribution in [0.2, 0.25) is 0 Å². The highest BCUT2D eigenvalue weighted by atomic mass is 16.3. The number of nitrogens with two attached hydrogens (primary N) is 1. The van der Waals surface area contributed by atoms with Gasteiger partial charge in [0.15, 0.2) is 0 Å². The average Bonchev–Trinajstić information content (AvgIpc) is 2.88. The molecule has 3 N–H and O–H groups in total. The largest absolute Gasteiger partial charge is 0.393 e. The summed E-state index contributed by atoms with van der Waals surface area (Å²) in [7, 11) is 0. The number of hydrogen-bond acceptors (Lipinski definition) is 3. The number of hydrogen-bond donors (Lipinski definition) is 2. The van der Waals surface area contributed by atoms with Crippen molar-refractivity contribution < 1.29 is 5.11 Å². The molecule has 106 valence electrons. The van der Waals surface area contributed by atoms with Crippen LogP contribution in [0.3, 0.4) is 0 Å². The smallest absolute Gasteiger partial charge is 0.0552 e. The molecule has 1 aliphatic rings. The molecule has 0 bridgehead atoms. The van der Waals surface area contributed by atoms with Crippen LogP contribution in [0.1, 0.15) is 25.8 Å². The van der Waals surface area contributed by atoms with E-state index < -0.39 is 0 Å². The fourth-order valence-electron chi connectivity index (χ4n) is 3.01. The quantitative estimate of drug-likeness (QED) is 0.847. The van der Waals surface area contributed by atoms with E-state index in [1.165, 1.54) is 5.56 Å². The van der Waals surface area contributed by atoms with E-state index in [-0.39, 0.29) is 11.5 Å². The molecule has 0 saturated carbocycles. The van der Waals surface area contributed by atoms with Crippen LogP contribution in [-0.2, 0) is 5.41 Å². The third-order valence-electron chi connectivity index (χ3n) is 4.48. The van der Waals surface area contributed by atoms with Gasteiger partial charge in [-0.3, -0.25) is 0 Å². The van der Waals surface area contributed by atoms with Gasteiger partial charge < -0.3 is 15.7 Å². The van der Waals surface area contributed by atoms with Gasteiger partial charge in [-0.1, -0.05) is 37.3 Å². The minimum Gasteiger partial charge on any atom is -0.393 e. The highest BCUT2D eigenvalue weighted by Crippen LogP contribution is 2.27. The summed E-state index contributed by atoms with van der Waals surface area (Å²) in [5, 5.41) is 9.69. The van der Waals surface area contributed by atoms with Crippen molar-refractivity contribution in [2.45, 2.75) is 31.8 Å². The van der Waals surface area contributed by atoms with Crippen LogP contribution in [-0.4, -0.2) is 42.3 Å². The molecule has 0 spiro atoms. The molecule has 1 aromatic rings. The van der Waals surface area contributed by atoms with Gasteiger partial charge in [0, 0.05) is 25.0 Å². The number of benzene rings is 1. The minimum absolute atomic E-state index is 0.00512. The van der Waals surface area contributed by atoms with E-state index in [1.807, 2.05) is 13.0 Å². The molecule has 3 unspecified atom stereocenters. The highest BCUT2D eigenvalue weighted by Gasteiger charge is 2.32. The molecule has 19 heavy (non-hydrogen) atoms. The monoisotopic (exact) mass is 262 g/mol. The first kappa shape index (κ1) is 14.5. The molecule has 1 aliphatic heterocycles. The van der Waals surface area contributed by atoms with Gasteiger partial charge in [-0.25, -0.2) is 0 Å². The van der Waals surface area contributed by atoms with Crippen molar-refractivity contribution in [2.24, 2.45) is 11.7 Å². The van der Waals surface area contributed by atoms with Crippen molar-refractivity contribution in [1.29, 1.82) is 0 Å². The van der Waals surface area contributed by atoms with Crippen molar-refractivity contribution >= 4 is 0 Å². The Kier molecular flexibility index (Phi) is 4.61. The Morgan fingerprint density at radius 3 is 2.63 bits per heavy atom. The molecule has 0 aliphatic carbocycles. The summed E-state index contributed by atoms with van der Waals surface area (Å²) >= 11 is 0. The van der Waals surface area contributed by atoms with Gasteiger partial charge in [-0.15, -0.1) is 0 Å². The first-order valence-corrected chi connectivity index (χ1v) is 7.21. The molecule has 3 heteroatoms. The second kappa shape index (κ2) is 6.04. The second-order valence-corrected chi connectivity index (χ2v) is 6.16. The van der Waals surface area contributed by atoms with E-state index in [2.05, 4.69) is 36.1 Å². The Balaban J connectivity index is 2.04. The predicted octanol–water partition coefficient (Wildman–Crippen LogP) is 1.61. The maximum absolute atomic E-state index is 9.69. The van der Waals surface area contributed by atoms with Gasteiger partial charge >= 0.3 is 0 Å². The van der Waals surface area contributed by atoms with Gasteiger partial charge in [0.1, 0.15) is 0 Å². The molecule has 1 saturated heterocycles. The van der Waals surface area contributed by atoms with Crippen LogP contribution in [0, 0.1) is 5.92 Å². The maximum Gasteiger partial charge on any atom is 0.0552 e. The second-order valence-electron chi connectivity index (χ2n) is 6.16. The minimum atomic E-state index is -0.203. The molecule has 3 nitrogen and oxygen atoms in total. The van der Waals surface area contributed by atoms with Gasteiger partial charge in [0.05, 0.1) is 6.10 Å². The standard InChI is InChI=1S/C16H26N2O/c1-13(19)14-8-9-18(10-14)12-16(2,11-17)15-6-4-3-5-7-15/h3-7,13-14,19H,8-12,17H2,1-2H3. The summed E-state index contributed by atoms with van der Waals surface area (Å²) in [6.07, 6.45) is 0.887. The number of likely N-dealkylation sites (tertiary alicyclic amines) is 1. The van der Waals surface area contributed by atoms with Crippen LogP contribution >= 0.6 is 0 Å². The zero-order chi connectivity index (χ0) is 13.9. The molecular formula is C16H26N2O. The van der Waals surface area contributed by atoms with Crippen molar-refractivity contribution in [1.82, 2.24) is 4.90 Å². The number of aliphatic hydroxyl groups excluding tert-OH is 1. The average molecular weight is 262 g/mol. The van der Waals surface area contributed by atoms with Crippen LogP contribution in [0.4, 0.5) is 0 Å². The lowest BCUT2D eigenvalue weighted by molar-refractivity contribution is 0.125. The van der Waals surface area contributed by atoms with Gasteiger partial charge in [-0.2, -0.15) is 0 Å². The summed E-state index contributed by atoms with van der Waals surface area (Å²) in [5.74, 6) is 0.415. The maximum atomic E-state index is 9.69. The fraction of sp³-hybridized carbons (Fsp3) is 0.625. The number of aliphatic hydroxyl groups is 1. The van der Waals surface area contributed by atoms with Gasteiger partial charge in [0.2, 0.25) is 0 Å². The van der Waals surface area contributed by atoms with E-state index in [9.17, 15) is 5.11 Å². The summed E-state index contributed by atoms with van der Waals surface area (Å²) < 4.78 is 0. The van der Waals surface area contributed by atoms with Crippen LogP contribution in [0.25, 0.3) is 0 Å². The summed E-state index contributed by atoms with van der Waals surface area (Å²) in [4.78, 5) is 2.44. The van der Waals surface area contributed by atoms with Crippen LogP contribution < -0.4 is 5.73 Å². The van der Waals surface area contributed by atoms with Crippen molar-refractivity contribution in [2.75, 3.05) is 26.2 Å². The first-order chi connectivity index (χ1) is 9.05. The fourth-order valence-corrected chi connectivity index (χ4v) is 3.01. The molecule has 1 heterocycles. The SMILES string of the molecule is CC(O)C1CCN(CC(C)(CN)c2ccccc2)C1. The van der Waals surface area contributed by atoms with Gasteiger partial charge in [-0.05, 0) is 31.4 Å². The Bertz CT molecular complexity index is 393. The Morgan fingerprint density at radius 1 is 1.42 bits per heavy atom. The van der Waals surface area contributed by atoms with E-state index in [1.54, 1.807) is 0 Å². The predicted molar refractivity (Wildman–Crippen MR) is 79.1 cm³/mol. The number of rotatable bonds is 5. The molecule has 0 aromatic heterocycles.